The van der Waals surface area contributed by atoms with Crippen LogP contribution in [0.2, 0.25) is 0 Å². The molecule has 2 aromatic carbocycles. The van der Waals surface area contributed by atoms with Crippen LogP contribution in [0.25, 0.3) is 0 Å². The Morgan fingerprint density at radius 1 is 1.13 bits per heavy atom. The Labute approximate surface area is 177 Å². The third-order valence-electron chi connectivity index (χ3n) is 6.77. The average Bonchev–Trinajstić information content (AvgIpc) is 3.09. The van der Waals surface area contributed by atoms with E-state index < -0.39 is 0 Å². The number of halogens is 1. The first-order valence-corrected chi connectivity index (χ1v) is 10.4. The van der Waals surface area contributed by atoms with Gasteiger partial charge >= 0.3 is 0 Å². The number of likely N-dealkylation sites (tertiary alicyclic amines) is 1. The summed E-state index contributed by atoms with van der Waals surface area (Å²) >= 11 is 0. The second-order valence-electron chi connectivity index (χ2n) is 8.57. The first-order valence-electron chi connectivity index (χ1n) is 10.4. The normalized spacial score (nSPS) is 26.1. The van der Waals surface area contributed by atoms with Crippen molar-refractivity contribution in [1.82, 2.24) is 10.2 Å². The molecule has 30 heavy (non-hydrogen) atoms. The Morgan fingerprint density at radius 3 is 2.57 bits per heavy atom. The molecule has 5 nitrogen and oxygen atoms in total. The number of methoxy groups -OCH3 is 2. The van der Waals surface area contributed by atoms with Crippen LogP contribution in [0, 0.1) is 11.7 Å². The lowest BCUT2D eigenvalue weighted by Crippen LogP contribution is -2.47. The fourth-order valence-electron chi connectivity index (χ4n) is 5.32. The number of carbonyl (C=O) groups is 1. The van der Waals surface area contributed by atoms with Crippen molar-refractivity contribution in [2.75, 3.05) is 34.4 Å². The zero-order chi connectivity index (χ0) is 21.3. The van der Waals surface area contributed by atoms with E-state index in [4.69, 9.17) is 9.47 Å². The van der Waals surface area contributed by atoms with Crippen molar-refractivity contribution in [3.05, 3.63) is 59.4 Å². The summed E-state index contributed by atoms with van der Waals surface area (Å²) in [6.45, 7) is 1.99. The summed E-state index contributed by atoms with van der Waals surface area (Å²) < 4.78 is 24.1. The molecule has 4 rings (SSSR count). The fraction of sp³-hybridized carbons (Fsp3) is 0.458. The van der Waals surface area contributed by atoms with Crippen molar-refractivity contribution in [1.29, 1.82) is 0 Å². The highest BCUT2D eigenvalue weighted by Gasteiger charge is 2.50. The molecule has 0 aromatic heterocycles. The minimum absolute atomic E-state index is 0.0470. The molecule has 0 spiro atoms. The van der Waals surface area contributed by atoms with E-state index in [-0.39, 0.29) is 23.2 Å². The maximum absolute atomic E-state index is 13.1. The summed E-state index contributed by atoms with van der Waals surface area (Å²) in [5.41, 5.74) is 1.82. The Balaban J connectivity index is 1.53. The molecule has 2 aromatic rings. The maximum Gasteiger partial charge on any atom is 0.251 e. The molecule has 6 heteroatoms. The second kappa shape index (κ2) is 8.26. The fourth-order valence-corrected chi connectivity index (χ4v) is 5.32. The molecule has 2 aliphatic rings. The SMILES string of the molecule is COc1ccc([C@@]23CC[C@@H](NC(=O)c4ccc(F)cc4)C[C@@H]2CN(C)C3)cc1OC. The summed E-state index contributed by atoms with van der Waals surface area (Å²) in [6.07, 6.45) is 2.82. The third kappa shape index (κ3) is 3.76. The largest absolute Gasteiger partial charge is 0.493 e. The van der Waals surface area contributed by atoms with Crippen LogP contribution >= 0.6 is 0 Å². The molecular weight excluding hydrogens is 383 g/mol. The number of likely N-dealkylation sites (N-methyl/N-ethyl adjacent to an activating group) is 1. The van der Waals surface area contributed by atoms with Gasteiger partial charge in [0.15, 0.2) is 11.5 Å². The molecule has 1 saturated carbocycles. The molecule has 1 aliphatic carbocycles. The number of hydrogen-bond donors (Lipinski definition) is 1. The number of benzene rings is 2. The highest BCUT2D eigenvalue weighted by Crippen LogP contribution is 2.49. The van der Waals surface area contributed by atoms with E-state index in [0.29, 0.717) is 11.5 Å². The summed E-state index contributed by atoms with van der Waals surface area (Å²) in [5.74, 6) is 1.46. The Bertz CT molecular complexity index is 917. The number of carbonyl (C=O) groups excluding carboxylic acids is 1. The number of nitrogens with one attached hydrogen (secondary N) is 1. The summed E-state index contributed by atoms with van der Waals surface area (Å²) in [7, 11) is 5.48. The van der Waals surface area contributed by atoms with E-state index in [1.54, 1.807) is 14.2 Å². The average molecular weight is 413 g/mol. The molecule has 1 aliphatic heterocycles. The summed E-state index contributed by atoms with van der Waals surface area (Å²) in [4.78, 5) is 15.0. The van der Waals surface area contributed by atoms with Gasteiger partial charge in [-0.3, -0.25) is 4.79 Å². The third-order valence-corrected chi connectivity index (χ3v) is 6.77. The van der Waals surface area contributed by atoms with Gasteiger partial charge in [0.2, 0.25) is 0 Å². The number of nitrogens with zero attached hydrogens (tertiary/aromatic N) is 1. The highest BCUT2D eigenvalue weighted by molar-refractivity contribution is 5.94. The molecule has 0 unspecified atom stereocenters. The zero-order valence-electron chi connectivity index (χ0n) is 17.8. The van der Waals surface area contributed by atoms with E-state index >= 15 is 0 Å². The van der Waals surface area contributed by atoms with E-state index in [1.165, 1.54) is 29.8 Å². The van der Waals surface area contributed by atoms with Gasteiger partial charge in [0, 0.05) is 30.1 Å². The predicted octanol–water partition coefficient (Wildman–Crippen LogP) is 3.62. The van der Waals surface area contributed by atoms with Gasteiger partial charge in [-0.2, -0.15) is 0 Å². The van der Waals surface area contributed by atoms with Gasteiger partial charge in [0.1, 0.15) is 5.82 Å². The first kappa shape index (κ1) is 20.7. The molecule has 2 fully saturated rings. The van der Waals surface area contributed by atoms with Gasteiger partial charge in [-0.1, -0.05) is 6.07 Å². The van der Waals surface area contributed by atoms with Crippen LogP contribution in [-0.4, -0.2) is 51.2 Å². The second-order valence-corrected chi connectivity index (χ2v) is 8.57. The zero-order valence-corrected chi connectivity index (χ0v) is 17.8. The molecule has 1 N–H and O–H groups in total. The Morgan fingerprint density at radius 2 is 1.87 bits per heavy atom. The number of rotatable bonds is 5. The highest BCUT2D eigenvalue weighted by atomic mass is 19.1. The molecule has 0 bridgehead atoms. The van der Waals surface area contributed by atoms with Crippen LogP contribution in [0.5, 0.6) is 11.5 Å². The molecule has 1 saturated heterocycles. The van der Waals surface area contributed by atoms with Crippen LogP contribution < -0.4 is 14.8 Å². The quantitative estimate of drug-likeness (QED) is 0.815. The monoisotopic (exact) mass is 412 g/mol. The lowest BCUT2D eigenvalue weighted by Gasteiger charge is -2.43. The minimum Gasteiger partial charge on any atom is -0.493 e. The van der Waals surface area contributed by atoms with Crippen molar-refractivity contribution in [3.8, 4) is 11.5 Å². The van der Waals surface area contributed by atoms with Crippen LogP contribution in [0.3, 0.4) is 0 Å². The van der Waals surface area contributed by atoms with Crippen LogP contribution in [-0.2, 0) is 5.41 Å². The van der Waals surface area contributed by atoms with E-state index in [9.17, 15) is 9.18 Å². The van der Waals surface area contributed by atoms with Crippen molar-refractivity contribution in [2.45, 2.75) is 30.7 Å². The number of fused-ring (bicyclic) bond motifs is 1. The van der Waals surface area contributed by atoms with Crippen molar-refractivity contribution in [3.63, 3.8) is 0 Å². The number of hydrogen-bond acceptors (Lipinski definition) is 4. The molecular formula is C24H29FN2O3. The predicted molar refractivity (Wildman–Crippen MR) is 114 cm³/mol. The Hall–Kier alpha value is -2.60. The molecule has 1 amide bonds. The van der Waals surface area contributed by atoms with E-state index in [1.807, 2.05) is 6.07 Å². The van der Waals surface area contributed by atoms with E-state index in [2.05, 4.69) is 29.4 Å². The van der Waals surface area contributed by atoms with Crippen LogP contribution in [0.1, 0.15) is 35.2 Å². The van der Waals surface area contributed by atoms with Crippen molar-refractivity contribution < 1.29 is 18.7 Å². The van der Waals surface area contributed by atoms with Gasteiger partial charge in [0.05, 0.1) is 14.2 Å². The molecule has 0 radical (unpaired) electrons. The van der Waals surface area contributed by atoms with Gasteiger partial charge in [-0.25, -0.2) is 4.39 Å². The summed E-state index contributed by atoms with van der Waals surface area (Å²) in [6, 6.07) is 12.1. The Kier molecular flexibility index (Phi) is 5.69. The topological polar surface area (TPSA) is 50.8 Å². The van der Waals surface area contributed by atoms with Crippen LogP contribution in [0.15, 0.2) is 42.5 Å². The van der Waals surface area contributed by atoms with Gasteiger partial charge in [-0.15, -0.1) is 0 Å². The minimum atomic E-state index is -0.335. The van der Waals surface area contributed by atoms with Gasteiger partial charge in [-0.05, 0) is 74.2 Å². The van der Waals surface area contributed by atoms with Gasteiger partial charge < -0.3 is 19.7 Å². The lowest BCUT2D eigenvalue weighted by molar-refractivity contribution is 0.0904. The molecule has 3 atom stereocenters. The van der Waals surface area contributed by atoms with Crippen molar-refractivity contribution in [2.24, 2.45) is 5.92 Å². The van der Waals surface area contributed by atoms with Crippen molar-refractivity contribution >= 4 is 5.91 Å². The molecule has 160 valence electrons. The lowest BCUT2D eigenvalue weighted by atomic mass is 9.63. The maximum atomic E-state index is 13.1. The molecule has 1 heterocycles. The van der Waals surface area contributed by atoms with Crippen LogP contribution in [0.4, 0.5) is 4.39 Å². The number of amides is 1. The number of ether oxygens (including phenoxy) is 2. The van der Waals surface area contributed by atoms with Gasteiger partial charge in [0.25, 0.3) is 5.91 Å². The van der Waals surface area contributed by atoms with E-state index in [0.717, 1.165) is 43.9 Å². The summed E-state index contributed by atoms with van der Waals surface area (Å²) in [5, 5.41) is 3.17. The smallest absolute Gasteiger partial charge is 0.251 e. The first-order chi connectivity index (χ1) is 14.4. The standard InChI is InChI=1S/C24H29FN2O3/c1-27-14-18-12-20(26-23(28)16-4-7-19(25)8-5-16)10-11-24(18,15-27)17-6-9-21(29-2)22(13-17)30-3/h4-9,13,18,20H,10-12,14-15H2,1-3H3,(H,26,28)/t18-,20-,24+/m1/s1.